The highest BCUT2D eigenvalue weighted by Gasteiger charge is 2.43. The third kappa shape index (κ3) is 3.69. The van der Waals surface area contributed by atoms with E-state index in [1.807, 2.05) is 4.90 Å². The summed E-state index contributed by atoms with van der Waals surface area (Å²) in [6, 6.07) is 0. The largest absolute Gasteiger partial charge is 0.394 e. The van der Waals surface area contributed by atoms with Gasteiger partial charge in [-0.05, 0) is 43.1 Å². The molecule has 5 nitrogen and oxygen atoms in total. The fourth-order valence-corrected chi connectivity index (χ4v) is 4.61. The standard InChI is InChI=1S/C20H31NO4/c1-20(2)8-9-21-18-13(4-3-5-17(18)20)6-7-14(19(21)25)10-15(23)11-16(24)12-22/h3,5,13-16,22-24H,4,6-12H2,1-2H3/t13?,14?,15-,16?/m0/s1. The molecule has 25 heavy (non-hydrogen) atoms. The van der Waals surface area contributed by atoms with Gasteiger partial charge in [0.15, 0.2) is 0 Å². The van der Waals surface area contributed by atoms with Crippen molar-refractivity contribution in [3.63, 3.8) is 0 Å². The molecule has 3 N–H and O–H groups in total. The Kier molecular flexibility index (Phi) is 5.37. The van der Waals surface area contributed by atoms with Crippen molar-refractivity contribution in [2.24, 2.45) is 17.3 Å². The highest BCUT2D eigenvalue weighted by Crippen LogP contribution is 2.47. The van der Waals surface area contributed by atoms with Crippen molar-refractivity contribution in [2.45, 2.75) is 64.6 Å². The van der Waals surface area contributed by atoms with E-state index >= 15 is 0 Å². The van der Waals surface area contributed by atoms with Gasteiger partial charge in [-0.25, -0.2) is 0 Å². The second kappa shape index (κ2) is 7.22. The molecule has 4 atom stereocenters. The summed E-state index contributed by atoms with van der Waals surface area (Å²) >= 11 is 0. The van der Waals surface area contributed by atoms with Gasteiger partial charge in [0, 0.05) is 30.5 Å². The summed E-state index contributed by atoms with van der Waals surface area (Å²) in [7, 11) is 0. The van der Waals surface area contributed by atoms with Crippen molar-refractivity contribution in [3.05, 3.63) is 23.4 Å². The number of rotatable bonds is 5. The Balaban J connectivity index is 1.81. The predicted octanol–water partition coefficient (Wildman–Crippen LogP) is 1.98. The number of hydrogen-bond donors (Lipinski definition) is 3. The van der Waals surface area contributed by atoms with Crippen LogP contribution in [0.3, 0.4) is 0 Å². The lowest BCUT2D eigenvalue weighted by atomic mass is 9.72. The van der Waals surface area contributed by atoms with E-state index in [0.29, 0.717) is 12.3 Å². The van der Waals surface area contributed by atoms with Crippen LogP contribution in [0.1, 0.15) is 52.4 Å². The molecule has 3 aliphatic rings. The van der Waals surface area contributed by atoms with Gasteiger partial charge >= 0.3 is 0 Å². The van der Waals surface area contributed by atoms with Gasteiger partial charge in [0.05, 0.1) is 18.8 Å². The lowest BCUT2D eigenvalue weighted by Gasteiger charge is -2.44. The maximum atomic E-state index is 13.2. The van der Waals surface area contributed by atoms with Crippen molar-refractivity contribution < 1.29 is 20.1 Å². The summed E-state index contributed by atoms with van der Waals surface area (Å²) < 4.78 is 0. The Hall–Kier alpha value is -1.17. The molecule has 2 aliphatic heterocycles. The van der Waals surface area contributed by atoms with E-state index in [1.54, 1.807) is 0 Å². The minimum Gasteiger partial charge on any atom is -0.394 e. The van der Waals surface area contributed by atoms with E-state index in [-0.39, 0.29) is 30.3 Å². The van der Waals surface area contributed by atoms with Crippen LogP contribution in [-0.2, 0) is 4.79 Å². The fourth-order valence-electron chi connectivity index (χ4n) is 4.61. The third-order valence-electron chi connectivity index (χ3n) is 6.14. The summed E-state index contributed by atoms with van der Waals surface area (Å²) in [5, 5.41) is 28.7. The summed E-state index contributed by atoms with van der Waals surface area (Å²) in [6.07, 6.45) is 6.91. The average Bonchev–Trinajstić information content (AvgIpc) is 2.70. The summed E-state index contributed by atoms with van der Waals surface area (Å²) in [5.41, 5.74) is 2.63. The lowest BCUT2D eigenvalue weighted by Crippen LogP contribution is -2.44. The van der Waals surface area contributed by atoms with E-state index in [2.05, 4.69) is 26.0 Å². The lowest BCUT2D eigenvalue weighted by molar-refractivity contribution is -0.135. The maximum Gasteiger partial charge on any atom is 0.229 e. The molecule has 0 bridgehead atoms. The van der Waals surface area contributed by atoms with Crippen molar-refractivity contribution >= 4 is 5.91 Å². The molecule has 1 aliphatic carbocycles. The van der Waals surface area contributed by atoms with Crippen LogP contribution < -0.4 is 0 Å². The molecule has 0 saturated carbocycles. The van der Waals surface area contributed by atoms with E-state index in [0.717, 1.165) is 32.2 Å². The molecule has 0 spiro atoms. The zero-order valence-electron chi connectivity index (χ0n) is 15.3. The minimum absolute atomic E-state index is 0.103. The molecular weight excluding hydrogens is 318 g/mol. The highest BCUT2D eigenvalue weighted by molar-refractivity contribution is 5.82. The van der Waals surface area contributed by atoms with Crippen LogP contribution in [0, 0.1) is 17.3 Å². The smallest absolute Gasteiger partial charge is 0.229 e. The average molecular weight is 349 g/mol. The second-order valence-electron chi connectivity index (χ2n) is 8.49. The van der Waals surface area contributed by atoms with Gasteiger partial charge < -0.3 is 20.2 Å². The second-order valence-corrected chi connectivity index (χ2v) is 8.49. The van der Waals surface area contributed by atoms with Crippen LogP contribution >= 0.6 is 0 Å². The van der Waals surface area contributed by atoms with Crippen molar-refractivity contribution in [1.82, 2.24) is 4.90 Å². The molecule has 0 aromatic carbocycles. The molecule has 0 aromatic rings. The number of hydrogen-bond acceptors (Lipinski definition) is 4. The van der Waals surface area contributed by atoms with Gasteiger partial charge in [-0.15, -0.1) is 0 Å². The van der Waals surface area contributed by atoms with E-state index in [9.17, 15) is 15.0 Å². The number of carbonyl (C=O) groups excluding carboxylic acids is 1. The van der Waals surface area contributed by atoms with E-state index < -0.39 is 12.2 Å². The molecule has 5 heteroatoms. The van der Waals surface area contributed by atoms with Crippen molar-refractivity contribution in [1.29, 1.82) is 0 Å². The highest BCUT2D eigenvalue weighted by atomic mass is 16.3. The quantitative estimate of drug-likeness (QED) is 0.709. The minimum atomic E-state index is -0.923. The Morgan fingerprint density at radius 2 is 2.04 bits per heavy atom. The normalized spacial score (nSPS) is 30.8. The molecule has 2 heterocycles. The van der Waals surface area contributed by atoms with Crippen LogP contribution in [0.2, 0.25) is 0 Å². The Morgan fingerprint density at radius 3 is 2.76 bits per heavy atom. The summed E-state index contributed by atoms with van der Waals surface area (Å²) in [4.78, 5) is 15.1. The molecule has 0 aromatic heterocycles. The molecule has 1 saturated heterocycles. The fraction of sp³-hybridized carbons (Fsp3) is 0.750. The summed E-state index contributed by atoms with van der Waals surface area (Å²) in [6.45, 7) is 4.90. The number of aliphatic hydroxyl groups is 3. The van der Waals surface area contributed by atoms with Gasteiger partial charge in [-0.2, -0.15) is 0 Å². The van der Waals surface area contributed by atoms with Crippen LogP contribution in [0.25, 0.3) is 0 Å². The van der Waals surface area contributed by atoms with Gasteiger partial charge in [-0.1, -0.05) is 26.0 Å². The number of aliphatic hydroxyl groups excluding tert-OH is 3. The van der Waals surface area contributed by atoms with E-state index in [4.69, 9.17) is 5.11 Å². The Bertz CT molecular complexity index is 580. The molecular formula is C20H31NO4. The molecule has 1 amide bonds. The first-order chi connectivity index (χ1) is 11.8. The van der Waals surface area contributed by atoms with Gasteiger partial charge in [-0.3, -0.25) is 4.79 Å². The van der Waals surface area contributed by atoms with Crippen LogP contribution in [0.5, 0.6) is 0 Å². The molecule has 1 fully saturated rings. The predicted molar refractivity (Wildman–Crippen MR) is 95.4 cm³/mol. The number of amides is 1. The molecule has 140 valence electrons. The first kappa shape index (κ1) is 18.6. The van der Waals surface area contributed by atoms with Crippen LogP contribution in [0.4, 0.5) is 0 Å². The monoisotopic (exact) mass is 349 g/mol. The van der Waals surface area contributed by atoms with Crippen LogP contribution in [0.15, 0.2) is 23.4 Å². The van der Waals surface area contributed by atoms with Crippen molar-refractivity contribution in [3.8, 4) is 0 Å². The molecule has 3 unspecified atom stereocenters. The number of allylic oxidation sites excluding steroid dienone is 4. The Labute approximate surface area is 150 Å². The SMILES string of the molecule is CC1(C)CCN2C(=O)C(C[C@H](O)CC(O)CO)CCC3CC=CC1=C32. The molecule has 3 rings (SSSR count). The molecule has 0 radical (unpaired) electrons. The van der Waals surface area contributed by atoms with Gasteiger partial charge in [0.2, 0.25) is 5.91 Å². The number of carbonyl (C=O) groups is 1. The number of nitrogens with zero attached hydrogens (tertiary/aromatic N) is 1. The first-order valence-electron chi connectivity index (χ1n) is 9.53. The first-order valence-corrected chi connectivity index (χ1v) is 9.53. The Morgan fingerprint density at radius 1 is 1.28 bits per heavy atom. The third-order valence-corrected chi connectivity index (χ3v) is 6.14. The zero-order valence-corrected chi connectivity index (χ0v) is 15.3. The van der Waals surface area contributed by atoms with Crippen LogP contribution in [-0.4, -0.2) is 51.5 Å². The van der Waals surface area contributed by atoms with Gasteiger partial charge in [0.25, 0.3) is 0 Å². The van der Waals surface area contributed by atoms with E-state index in [1.165, 1.54) is 11.3 Å². The summed E-state index contributed by atoms with van der Waals surface area (Å²) in [5.74, 6) is 0.313. The maximum absolute atomic E-state index is 13.2. The topological polar surface area (TPSA) is 81.0 Å². The zero-order chi connectivity index (χ0) is 18.2. The van der Waals surface area contributed by atoms with Crippen molar-refractivity contribution in [2.75, 3.05) is 13.2 Å². The van der Waals surface area contributed by atoms with Gasteiger partial charge in [0.1, 0.15) is 0 Å².